The van der Waals surface area contributed by atoms with Gasteiger partial charge < -0.3 is 20.1 Å². The van der Waals surface area contributed by atoms with E-state index in [4.69, 9.17) is 15.2 Å². The summed E-state index contributed by atoms with van der Waals surface area (Å²) in [5, 5.41) is 0. The predicted molar refractivity (Wildman–Crippen MR) is 109 cm³/mol. The Bertz CT molecular complexity index is 1040. The van der Waals surface area contributed by atoms with E-state index in [2.05, 4.69) is 9.97 Å². The number of anilines is 3. The number of rotatable bonds is 4. The van der Waals surface area contributed by atoms with Gasteiger partial charge in [-0.1, -0.05) is 6.07 Å². The van der Waals surface area contributed by atoms with E-state index in [-0.39, 0.29) is 5.41 Å². The Morgan fingerprint density at radius 1 is 1.14 bits per heavy atom. The van der Waals surface area contributed by atoms with E-state index in [1.807, 2.05) is 55.3 Å². The summed E-state index contributed by atoms with van der Waals surface area (Å²) in [6.07, 6.45) is 5.84. The molecule has 0 bridgehead atoms. The lowest BCUT2D eigenvalue weighted by Gasteiger charge is -2.20. The van der Waals surface area contributed by atoms with E-state index in [1.54, 1.807) is 12.4 Å². The molecule has 1 spiro atoms. The quantitative estimate of drug-likeness (QED) is 0.732. The van der Waals surface area contributed by atoms with E-state index in [0.717, 1.165) is 42.2 Å². The molecule has 142 valence electrons. The van der Waals surface area contributed by atoms with Crippen LogP contribution in [-0.4, -0.2) is 23.6 Å². The number of benzene rings is 1. The Kier molecular flexibility index (Phi) is 3.69. The standard InChI is InChI=1S/C22H22N4O2/c1-14-8-11-24-21(20(14)23)26(2)15-6-7-18(25-12-15)28-17-5-3-4-16-19(17)22(9-10-22)13-27-16/h3-8,11-12H,9-10,13,23H2,1-2H3. The van der Waals surface area contributed by atoms with Crippen LogP contribution in [-0.2, 0) is 5.41 Å². The second-order valence-electron chi connectivity index (χ2n) is 7.58. The van der Waals surface area contributed by atoms with Crippen molar-refractivity contribution in [2.75, 3.05) is 24.3 Å². The van der Waals surface area contributed by atoms with Gasteiger partial charge in [0.15, 0.2) is 5.82 Å². The Labute approximate surface area is 163 Å². The number of pyridine rings is 2. The minimum absolute atomic E-state index is 0.153. The molecule has 1 aliphatic carbocycles. The highest BCUT2D eigenvalue weighted by Gasteiger charge is 2.52. The van der Waals surface area contributed by atoms with Gasteiger partial charge in [0, 0.05) is 30.3 Å². The summed E-state index contributed by atoms with van der Waals surface area (Å²) in [7, 11) is 1.92. The first-order chi connectivity index (χ1) is 13.6. The van der Waals surface area contributed by atoms with Crippen LogP contribution in [0.3, 0.4) is 0 Å². The third-order valence-electron chi connectivity index (χ3n) is 5.70. The van der Waals surface area contributed by atoms with Gasteiger partial charge in [-0.05, 0) is 49.6 Å². The lowest BCUT2D eigenvalue weighted by atomic mass is 9.97. The molecule has 1 saturated carbocycles. The zero-order valence-electron chi connectivity index (χ0n) is 16.0. The molecule has 6 heteroatoms. The van der Waals surface area contributed by atoms with Gasteiger partial charge in [0.2, 0.25) is 5.88 Å². The van der Waals surface area contributed by atoms with Gasteiger partial charge in [0.1, 0.15) is 11.5 Å². The molecule has 0 radical (unpaired) electrons. The number of nitrogens with zero attached hydrogens (tertiary/aromatic N) is 3. The minimum atomic E-state index is 0.153. The molecule has 5 rings (SSSR count). The van der Waals surface area contributed by atoms with Crippen LogP contribution in [0.4, 0.5) is 17.2 Å². The van der Waals surface area contributed by atoms with Crippen molar-refractivity contribution >= 4 is 17.2 Å². The van der Waals surface area contributed by atoms with Crippen molar-refractivity contribution in [1.82, 2.24) is 9.97 Å². The first-order valence-corrected chi connectivity index (χ1v) is 9.42. The molecule has 0 atom stereocenters. The third kappa shape index (κ3) is 2.64. The molecule has 3 heterocycles. The number of fused-ring (bicyclic) bond motifs is 2. The Balaban J connectivity index is 1.40. The van der Waals surface area contributed by atoms with E-state index < -0.39 is 0 Å². The highest BCUT2D eigenvalue weighted by atomic mass is 16.5. The zero-order chi connectivity index (χ0) is 19.3. The molecule has 2 N–H and O–H groups in total. The van der Waals surface area contributed by atoms with Crippen molar-refractivity contribution in [1.29, 1.82) is 0 Å². The van der Waals surface area contributed by atoms with Crippen LogP contribution in [0.5, 0.6) is 17.4 Å². The van der Waals surface area contributed by atoms with E-state index >= 15 is 0 Å². The minimum Gasteiger partial charge on any atom is -0.492 e. The fourth-order valence-electron chi connectivity index (χ4n) is 3.76. The van der Waals surface area contributed by atoms with Crippen LogP contribution in [0, 0.1) is 6.92 Å². The number of aromatic nitrogens is 2. The summed E-state index contributed by atoms with van der Waals surface area (Å²) in [5.74, 6) is 3.04. The van der Waals surface area contributed by atoms with Crippen molar-refractivity contribution in [3.8, 4) is 17.4 Å². The van der Waals surface area contributed by atoms with Crippen molar-refractivity contribution in [3.63, 3.8) is 0 Å². The molecule has 0 unspecified atom stereocenters. The SMILES string of the molecule is Cc1ccnc(N(C)c2ccc(Oc3cccc4c3C3(CC3)CO4)nc2)c1N. The monoisotopic (exact) mass is 374 g/mol. The number of hydrogen-bond donors (Lipinski definition) is 1. The number of aryl methyl sites for hydroxylation is 1. The average Bonchev–Trinajstić information content (AvgIpc) is 3.39. The highest BCUT2D eigenvalue weighted by molar-refractivity contribution is 5.72. The molecule has 2 aliphatic rings. The number of ether oxygens (including phenoxy) is 2. The van der Waals surface area contributed by atoms with E-state index in [9.17, 15) is 0 Å². The molecular weight excluding hydrogens is 352 g/mol. The molecule has 1 aliphatic heterocycles. The van der Waals surface area contributed by atoms with Crippen LogP contribution >= 0.6 is 0 Å². The molecule has 0 amide bonds. The fraction of sp³-hybridized carbons (Fsp3) is 0.273. The predicted octanol–water partition coefficient (Wildman–Crippen LogP) is 4.35. The van der Waals surface area contributed by atoms with Gasteiger partial charge in [0.05, 0.1) is 24.2 Å². The summed E-state index contributed by atoms with van der Waals surface area (Å²) in [6, 6.07) is 11.7. The topological polar surface area (TPSA) is 73.5 Å². The molecule has 3 aromatic rings. The van der Waals surface area contributed by atoms with Crippen LogP contribution < -0.4 is 20.1 Å². The van der Waals surface area contributed by atoms with Crippen molar-refractivity contribution in [2.45, 2.75) is 25.2 Å². The number of nitrogen functional groups attached to an aromatic ring is 1. The Morgan fingerprint density at radius 2 is 2.00 bits per heavy atom. The largest absolute Gasteiger partial charge is 0.492 e. The Morgan fingerprint density at radius 3 is 2.75 bits per heavy atom. The summed E-state index contributed by atoms with van der Waals surface area (Å²) in [5.41, 5.74) is 10.1. The second kappa shape index (κ2) is 6.12. The summed E-state index contributed by atoms with van der Waals surface area (Å²) in [4.78, 5) is 10.8. The normalized spacial score (nSPS) is 15.8. The van der Waals surface area contributed by atoms with Crippen LogP contribution in [0.25, 0.3) is 0 Å². The Hall–Kier alpha value is -3.28. The molecule has 6 nitrogen and oxygen atoms in total. The lowest BCUT2D eigenvalue weighted by molar-refractivity contribution is 0.323. The van der Waals surface area contributed by atoms with Crippen molar-refractivity contribution in [3.05, 3.63) is 59.9 Å². The molecule has 2 aromatic heterocycles. The maximum Gasteiger partial charge on any atom is 0.219 e. The van der Waals surface area contributed by atoms with Crippen LogP contribution in [0.1, 0.15) is 24.0 Å². The van der Waals surface area contributed by atoms with Gasteiger partial charge in [-0.2, -0.15) is 0 Å². The van der Waals surface area contributed by atoms with Gasteiger partial charge in [0.25, 0.3) is 0 Å². The maximum absolute atomic E-state index is 6.18. The fourth-order valence-corrected chi connectivity index (χ4v) is 3.76. The van der Waals surface area contributed by atoms with Gasteiger partial charge in [-0.15, -0.1) is 0 Å². The van der Waals surface area contributed by atoms with Gasteiger partial charge >= 0.3 is 0 Å². The summed E-state index contributed by atoms with van der Waals surface area (Å²) >= 11 is 0. The molecule has 28 heavy (non-hydrogen) atoms. The smallest absolute Gasteiger partial charge is 0.219 e. The second-order valence-corrected chi connectivity index (χ2v) is 7.58. The van der Waals surface area contributed by atoms with Crippen LogP contribution in [0.2, 0.25) is 0 Å². The third-order valence-corrected chi connectivity index (χ3v) is 5.70. The highest BCUT2D eigenvalue weighted by Crippen LogP contribution is 2.58. The first-order valence-electron chi connectivity index (χ1n) is 9.42. The van der Waals surface area contributed by atoms with E-state index in [0.29, 0.717) is 17.4 Å². The van der Waals surface area contributed by atoms with Crippen molar-refractivity contribution < 1.29 is 9.47 Å². The molecule has 0 saturated heterocycles. The number of nitrogens with two attached hydrogens (primary N) is 1. The molecular formula is C22H22N4O2. The first kappa shape index (κ1) is 16.9. The van der Waals surface area contributed by atoms with Gasteiger partial charge in [-0.25, -0.2) is 9.97 Å². The molecule has 1 aromatic carbocycles. The van der Waals surface area contributed by atoms with Crippen molar-refractivity contribution in [2.24, 2.45) is 0 Å². The van der Waals surface area contributed by atoms with Gasteiger partial charge in [-0.3, -0.25) is 0 Å². The zero-order valence-corrected chi connectivity index (χ0v) is 16.0. The number of hydrogen-bond acceptors (Lipinski definition) is 6. The molecule has 1 fully saturated rings. The lowest BCUT2D eigenvalue weighted by Crippen LogP contribution is -2.14. The summed E-state index contributed by atoms with van der Waals surface area (Å²) in [6.45, 7) is 2.73. The van der Waals surface area contributed by atoms with Crippen LogP contribution in [0.15, 0.2) is 48.8 Å². The van der Waals surface area contributed by atoms with E-state index in [1.165, 1.54) is 5.56 Å². The average molecular weight is 374 g/mol. The maximum atomic E-state index is 6.18. The summed E-state index contributed by atoms with van der Waals surface area (Å²) < 4.78 is 12.0.